The Labute approximate surface area is 523 Å². The Balaban J connectivity index is 1.19. The molecule has 0 fully saturated rings. The highest BCUT2D eigenvalue weighted by Gasteiger charge is 2.32. The molecule has 5 aromatic carbocycles. The molecule has 20 nitrogen and oxygen atoms in total. The topological polar surface area (TPSA) is 269 Å². The van der Waals surface area contributed by atoms with E-state index in [1.807, 2.05) is 62.4 Å². The van der Waals surface area contributed by atoms with Gasteiger partial charge in [-0.15, -0.1) is 0 Å². The second kappa shape index (κ2) is 32.3. The van der Waals surface area contributed by atoms with E-state index >= 15 is 0 Å². The molecule has 5 aromatic rings. The fraction of sp³-hybridized carbons (Fsp3) is 0.382. The number of hydrogen-bond acceptors (Lipinski definition) is 14. The molecule has 1 heterocycles. The van der Waals surface area contributed by atoms with Crippen LogP contribution >= 0.6 is 0 Å². The smallest absolute Gasteiger partial charge is 0.286 e. The molecule has 1 aliphatic heterocycles. The number of rotatable bonds is 34. The summed E-state index contributed by atoms with van der Waals surface area (Å²) < 4.78 is 61.2. The summed E-state index contributed by atoms with van der Waals surface area (Å²) in [5, 5.41) is 16.0. The minimum Gasteiger partial charge on any atom is -0.493 e. The van der Waals surface area contributed by atoms with Crippen molar-refractivity contribution >= 4 is 68.1 Å². The van der Waals surface area contributed by atoms with Crippen molar-refractivity contribution in [2.24, 2.45) is 11.8 Å². The molecule has 21 heteroatoms. The number of nitrogens with one attached hydrogen (secondary N) is 6. The summed E-state index contributed by atoms with van der Waals surface area (Å²) in [7, 11) is -1.81. The number of methoxy groups -OCH3 is 2. The Hall–Kier alpha value is -8.95. The van der Waals surface area contributed by atoms with Gasteiger partial charge in [-0.3, -0.25) is 33.3 Å². The molecule has 0 bridgehead atoms. The van der Waals surface area contributed by atoms with Gasteiger partial charge in [0.2, 0.25) is 23.6 Å². The maximum Gasteiger partial charge on any atom is 0.286 e. The lowest BCUT2D eigenvalue weighted by atomic mass is 9.97. The third kappa shape index (κ3) is 20.3. The number of Topliss-reactive ketones (excluding diaryl/α,β-unsaturated/α-hetero) is 1. The van der Waals surface area contributed by atoms with Gasteiger partial charge >= 0.3 is 0 Å². The number of carbonyl (C=O) groups excluding carboxylic acids is 6. The highest BCUT2D eigenvalue weighted by Crippen LogP contribution is 2.39. The van der Waals surface area contributed by atoms with Crippen LogP contribution in [0.4, 0.5) is 17.1 Å². The van der Waals surface area contributed by atoms with Crippen molar-refractivity contribution in [2.75, 3.05) is 49.8 Å². The first-order chi connectivity index (χ1) is 42.2. The van der Waals surface area contributed by atoms with E-state index in [1.54, 1.807) is 38.3 Å². The Kier molecular flexibility index (Phi) is 25.1. The molecular formula is C68H85N7O13S. The molecule has 0 saturated heterocycles. The number of unbranched alkanes of at least 4 members (excludes halogenated alkanes) is 1. The first-order valence-electron chi connectivity index (χ1n) is 29.7. The van der Waals surface area contributed by atoms with Crippen molar-refractivity contribution in [1.82, 2.24) is 20.9 Å². The second-order valence-corrected chi connectivity index (χ2v) is 24.3. The molecule has 6 rings (SSSR count). The van der Waals surface area contributed by atoms with Gasteiger partial charge < -0.3 is 55.7 Å². The van der Waals surface area contributed by atoms with E-state index in [4.69, 9.17) is 18.9 Å². The van der Waals surface area contributed by atoms with Crippen LogP contribution < -0.4 is 50.8 Å². The summed E-state index contributed by atoms with van der Waals surface area (Å²) in [4.78, 5) is 79.1. The number of anilines is 3. The standard InChI is InChI=1S/C68H85N7O13S/c1-41(2)55-34-59(85-11)61(36-57(55)70-38-42(3)29-52-21-15-13-19-43(52)4)87-39-50-31-51(40-88-62-37-58(56(49(10)76)35-60(62)86-12)74-68(89(82,83)84)45(6)30-53-22-16-14-20-44(53)5)33-54(32-50)73-67(81)48(9)72-66(80)47(8)71-64(78)24-18-17-23-63(77)69-27-28-75-46(7)25-26-65(75)79/h13-16,19-22,25-26,31-37,42,45,47-48,68,70,74H,1,7,17-18,23-24,27-30,38-40H2,2-6,8-12H3,(H,69,77)(H,71,78)(H,72,80)(H,73,81)(H,82,83,84)/t42-,45?,47-,48-,68?/m0/s1. The van der Waals surface area contributed by atoms with Crippen LogP contribution in [0.5, 0.6) is 23.0 Å². The molecule has 0 spiro atoms. The van der Waals surface area contributed by atoms with E-state index in [2.05, 4.69) is 71.0 Å². The summed E-state index contributed by atoms with van der Waals surface area (Å²) in [5.74, 6) is -1.75. The molecule has 89 heavy (non-hydrogen) atoms. The Morgan fingerprint density at radius 3 is 1.76 bits per heavy atom. The first-order valence-corrected chi connectivity index (χ1v) is 31.2. The number of ketones is 1. The predicted molar refractivity (Wildman–Crippen MR) is 347 cm³/mol. The van der Waals surface area contributed by atoms with Crippen LogP contribution in [0.2, 0.25) is 0 Å². The molecule has 0 radical (unpaired) electrons. The quantitative estimate of drug-likeness (QED) is 0.0115. The normalized spacial score (nSPS) is 13.7. The van der Waals surface area contributed by atoms with Crippen molar-refractivity contribution < 1.29 is 60.7 Å². The highest BCUT2D eigenvalue weighted by atomic mass is 32.2. The van der Waals surface area contributed by atoms with Gasteiger partial charge in [0.1, 0.15) is 25.3 Å². The van der Waals surface area contributed by atoms with Crippen molar-refractivity contribution in [2.45, 2.75) is 125 Å². The number of amides is 5. The molecule has 0 saturated carbocycles. The summed E-state index contributed by atoms with van der Waals surface area (Å²) in [6, 6.07) is 25.5. The van der Waals surface area contributed by atoms with E-state index in [-0.39, 0.29) is 79.5 Å². The Bertz CT molecular complexity index is 3550. The second-order valence-electron chi connectivity index (χ2n) is 22.7. The summed E-state index contributed by atoms with van der Waals surface area (Å²) in [5.41, 5.74) is 8.88. The van der Waals surface area contributed by atoms with Crippen LogP contribution in [0.1, 0.15) is 117 Å². The minimum atomic E-state index is -4.75. The Morgan fingerprint density at radius 2 is 1.22 bits per heavy atom. The number of nitrogens with zero attached hydrogens (tertiary/aromatic N) is 1. The van der Waals surface area contributed by atoms with E-state index in [9.17, 15) is 41.7 Å². The zero-order valence-corrected chi connectivity index (χ0v) is 53.4. The summed E-state index contributed by atoms with van der Waals surface area (Å²) in [6.45, 7) is 23.1. The average Bonchev–Trinajstić information content (AvgIpc) is 2.43. The summed E-state index contributed by atoms with van der Waals surface area (Å²) >= 11 is 0. The number of aryl methyl sites for hydroxylation is 2. The molecule has 1 aliphatic rings. The highest BCUT2D eigenvalue weighted by molar-refractivity contribution is 7.86. The van der Waals surface area contributed by atoms with Crippen LogP contribution in [-0.4, -0.2) is 105 Å². The lowest BCUT2D eigenvalue weighted by Crippen LogP contribution is -2.50. The molecular weight excluding hydrogens is 1150 g/mol. The van der Waals surface area contributed by atoms with Crippen LogP contribution in [0.25, 0.3) is 5.57 Å². The van der Waals surface area contributed by atoms with Gasteiger partial charge in [0.25, 0.3) is 16.0 Å². The third-order valence-electron chi connectivity index (χ3n) is 15.2. The van der Waals surface area contributed by atoms with E-state index < -0.39 is 57.0 Å². The number of carbonyl (C=O) groups is 6. The molecule has 5 atom stereocenters. The van der Waals surface area contributed by atoms with Crippen LogP contribution in [0, 0.1) is 25.7 Å². The number of ether oxygens (including phenoxy) is 4. The monoisotopic (exact) mass is 1240 g/mol. The van der Waals surface area contributed by atoms with E-state index in [0.29, 0.717) is 59.9 Å². The lowest BCUT2D eigenvalue weighted by molar-refractivity contribution is -0.130. The fourth-order valence-corrected chi connectivity index (χ4v) is 11.1. The van der Waals surface area contributed by atoms with Gasteiger partial charge in [-0.05, 0) is 154 Å². The average molecular weight is 1240 g/mol. The van der Waals surface area contributed by atoms with Crippen molar-refractivity contribution in [3.8, 4) is 23.0 Å². The maximum absolute atomic E-state index is 14.0. The van der Waals surface area contributed by atoms with Crippen LogP contribution in [0.3, 0.4) is 0 Å². The maximum atomic E-state index is 14.0. The van der Waals surface area contributed by atoms with Crippen LogP contribution in [-0.2, 0) is 60.1 Å². The lowest BCUT2D eigenvalue weighted by Gasteiger charge is -2.26. The first kappa shape index (κ1) is 69.2. The minimum absolute atomic E-state index is 0.0430. The molecule has 5 amide bonds. The van der Waals surface area contributed by atoms with Gasteiger partial charge in [0.05, 0.1) is 14.2 Å². The number of benzene rings is 5. The molecule has 7 N–H and O–H groups in total. The predicted octanol–water partition coefficient (Wildman–Crippen LogP) is 10.0. The number of allylic oxidation sites excluding steroid dienone is 2. The van der Waals surface area contributed by atoms with Gasteiger partial charge in [0.15, 0.2) is 34.2 Å². The van der Waals surface area contributed by atoms with Crippen molar-refractivity contribution in [3.05, 3.63) is 167 Å². The number of hydrogen-bond donors (Lipinski definition) is 7. The Morgan fingerprint density at radius 1 is 0.674 bits per heavy atom. The molecule has 0 aliphatic carbocycles. The van der Waals surface area contributed by atoms with E-state index in [1.165, 1.54) is 62.1 Å². The SMILES string of the molecule is C=C(C)c1cc(OC)c(OCc2cc(COc3cc(NC(C(C)Cc4ccccc4C)S(=O)(=O)O)c(C(C)=O)cc3OC)cc(NC(=O)[C@H](C)NC(=O)[C@H](C)NC(=O)CCCCC(=O)NCCN3C(=C)C=CC3=O)c2)cc1NC[C@@H](C)Cc1ccccc1C. The zero-order valence-electron chi connectivity index (χ0n) is 52.6. The van der Waals surface area contributed by atoms with Gasteiger partial charge in [0, 0.05) is 84.6 Å². The van der Waals surface area contributed by atoms with Gasteiger partial charge in [-0.2, -0.15) is 8.42 Å². The van der Waals surface area contributed by atoms with Crippen LogP contribution in [0.15, 0.2) is 122 Å². The molecule has 476 valence electrons. The third-order valence-corrected chi connectivity index (χ3v) is 16.5. The largest absolute Gasteiger partial charge is 0.493 e. The van der Waals surface area contributed by atoms with Gasteiger partial charge in [-0.1, -0.05) is 75.5 Å². The van der Waals surface area contributed by atoms with Gasteiger partial charge in [-0.25, -0.2) is 0 Å². The molecule has 2 unspecified atom stereocenters. The van der Waals surface area contributed by atoms with Crippen molar-refractivity contribution in [1.29, 1.82) is 0 Å². The van der Waals surface area contributed by atoms with E-state index in [0.717, 1.165) is 34.4 Å². The van der Waals surface area contributed by atoms with Crippen molar-refractivity contribution in [3.63, 3.8) is 0 Å². The zero-order chi connectivity index (χ0) is 65.1. The molecule has 0 aromatic heterocycles. The summed E-state index contributed by atoms with van der Waals surface area (Å²) in [6.07, 6.45) is 5.19. The fourth-order valence-electron chi connectivity index (χ4n) is 10.2.